The molecule has 2 aromatic carbocycles. The molecule has 0 amide bonds. The molecule has 0 aliphatic heterocycles. The van der Waals surface area contributed by atoms with E-state index in [1.54, 1.807) is 38.5 Å². The molecule has 0 unspecified atom stereocenters. The number of benzene rings is 2. The van der Waals surface area contributed by atoms with Crippen molar-refractivity contribution in [2.75, 3.05) is 14.2 Å². The molecule has 134 valence electrons. The van der Waals surface area contributed by atoms with E-state index in [0.29, 0.717) is 27.8 Å². The predicted molar refractivity (Wildman–Crippen MR) is 101 cm³/mol. The molecule has 0 bridgehead atoms. The highest BCUT2D eigenvalue weighted by atomic mass is 35.5. The zero-order valence-corrected chi connectivity index (χ0v) is 15.8. The van der Waals surface area contributed by atoms with Gasteiger partial charge in [0.05, 0.1) is 36.1 Å². The SMILES string of the molecule is COc1cccc(-c2nc(COC(=O)c3ccccc3Cl)cs2)c1OC. The Morgan fingerprint density at radius 1 is 1.12 bits per heavy atom. The van der Waals surface area contributed by atoms with Crippen molar-refractivity contribution >= 4 is 28.9 Å². The second-order valence-electron chi connectivity index (χ2n) is 5.24. The lowest BCUT2D eigenvalue weighted by molar-refractivity contribution is 0.0468. The van der Waals surface area contributed by atoms with Gasteiger partial charge in [-0.25, -0.2) is 9.78 Å². The fourth-order valence-electron chi connectivity index (χ4n) is 2.40. The number of thiazole rings is 1. The maximum Gasteiger partial charge on any atom is 0.340 e. The number of carbonyl (C=O) groups excluding carboxylic acids is 1. The third-order valence-corrected chi connectivity index (χ3v) is 4.88. The summed E-state index contributed by atoms with van der Waals surface area (Å²) in [6.45, 7) is 0.0623. The van der Waals surface area contributed by atoms with Crippen LogP contribution in [0.15, 0.2) is 47.8 Å². The van der Waals surface area contributed by atoms with E-state index in [2.05, 4.69) is 4.98 Å². The van der Waals surface area contributed by atoms with Crippen LogP contribution in [0.3, 0.4) is 0 Å². The highest BCUT2D eigenvalue weighted by Gasteiger charge is 2.16. The van der Waals surface area contributed by atoms with E-state index in [4.69, 9.17) is 25.8 Å². The van der Waals surface area contributed by atoms with Gasteiger partial charge in [0.15, 0.2) is 11.5 Å². The number of hydrogen-bond acceptors (Lipinski definition) is 6. The van der Waals surface area contributed by atoms with E-state index in [1.807, 2.05) is 23.6 Å². The summed E-state index contributed by atoms with van der Waals surface area (Å²) in [5, 5.41) is 2.95. The summed E-state index contributed by atoms with van der Waals surface area (Å²) < 4.78 is 16.1. The molecule has 0 saturated heterocycles. The molecule has 1 aromatic heterocycles. The van der Waals surface area contributed by atoms with Crippen molar-refractivity contribution in [2.45, 2.75) is 6.61 Å². The lowest BCUT2D eigenvalue weighted by atomic mass is 10.2. The van der Waals surface area contributed by atoms with Gasteiger partial charge in [0.25, 0.3) is 0 Å². The van der Waals surface area contributed by atoms with E-state index in [1.165, 1.54) is 11.3 Å². The van der Waals surface area contributed by atoms with Gasteiger partial charge in [-0.05, 0) is 24.3 Å². The summed E-state index contributed by atoms with van der Waals surface area (Å²) >= 11 is 7.44. The number of ether oxygens (including phenoxy) is 3. The predicted octanol–water partition coefficient (Wildman–Crippen LogP) is 4.84. The number of hydrogen-bond donors (Lipinski definition) is 0. The van der Waals surface area contributed by atoms with Gasteiger partial charge < -0.3 is 14.2 Å². The van der Waals surface area contributed by atoms with E-state index in [9.17, 15) is 4.79 Å². The molecule has 0 aliphatic rings. The number of rotatable bonds is 6. The number of para-hydroxylation sites is 1. The minimum Gasteiger partial charge on any atom is -0.493 e. The van der Waals surface area contributed by atoms with Crippen LogP contribution in [0.1, 0.15) is 16.1 Å². The van der Waals surface area contributed by atoms with Crippen molar-refractivity contribution in [3.05, 3.63) is 64.1 Å². The Morgan fingerprint density at radius 2 is 1.92 bits per heavy atom. The molecule has 1 heterocycles. The van der Waals surface area contributed by atoms with Crippen molar-refractivity contribution in [1.29, 1.82) is 0 Å². The van der Waals surface area contributed by atoms with Crippen LogP contribution < -0.4 is 9.47 Å². The van der Waals surface area contributed by atoms with Crippen LogP contribution in [-0.2, 0) is 11.3 Å². The molecule has 0 fully saturated rings. The lowest BCUT2D eigenvalue weighted by Crippen LogP contribution is -2.06. The van der Waals surface area contributed by atoms with Crippen LogP contribution in [0.2, 0.25) is 5.02 Å². The molecule has 0 spiro atoms. The van der Waals surface area contributed by atoms with Gasteiger partial charge in [0, 0.05) is 5.38 Å². The molecule has 5 nitrogen and oxygen atoms in total. The molecule has 3 rings (SSSR count). The zero-order valence-electron chi connectivity index (χ0n) is 14.2. The molecular formula is C19H16ClNO4S. The summed E-state index contributed by atoms with van der Waals surface area (Å²) in [4.78, 5) is 16.7. The number of halogens is 1. The summed E-state index contributed by atoms with van der Waals surface area (Å²) in [6, 6.07) is 12.4. The maximum absolute atomic E-state index is 12.1. The Balaban J connectivity index is 1.75. The first kappa shape index (κ1) is 18.2. The van der Waals surface area contributed by atoms with Crippen LogP contribution in [0.5, 0.6) is 11.5 Å². The Kier molecular flexibility index (Phi) is 5.75. The Bertz CT molecular complexity index is 925. The average molecular weight is 390 g/mol. The minimum atomic E-state index is -0.482. The fraction of sp³-hybridized carbons (Fsp3) is 0.158. The fourth-order valence-corrected chi connectivity index (χ4v) is 3.44. The van der Waals surface area contributed by atoms with Crippen molar-refractivity contribution in [3.63, 3.8) is 0 Å². The van der Waals surface area contributed by atoms with Gasteiger partial charge >= 0.3 is 5.97 Å². The van der Waals surface area contributed by atoms with Gasteiger partial charge in [-0.3, -0.25) is 0 Å². The molecule has 3 aromatic rings. The van der Waals surface area contributed by atoms with Crippen LogP contribution in [0.4, 0.5) is 0 Å². The van der Waals surface area contributed by atoms with Crippen molar-refractivity contribution < 1.29 is 19.0 Å². The normalized spacial score (nSPS) is 10.4. The Labute approximate surface area is 160 Å². The number of carbonyl (C=O) groups is 1. The number of methoxy groups -OCH3 is 2. The van der Waals surface area contributed by atoms with E-state index < -0.39 is 5.97 Å². The number of nitrogens with zero attached hydrogens (tertiary/aromatic N) is 1. The van der Waals surface area contributed by atoms with Crippen molar-refractivity contribution in [1.82, 2.24) is 4.98 Å². The van der Waals surface area contributed by atoms with Gasteiger partial charge in [0.1, 0.15) is 11.6 Å². The first-order chi connectivity index (χ1) is 12.6. The van der Waals surface area contributed by atoms with E-state index >= 15 is 0 Å². The monoisotopic (exact) mass is 389 g/mol. The molecule has 0 N–H and O–H groups in total. The van der Waals surface area contributed by atoms with Gasteiger partial charge in [-0.15, -0.1) is 11.3 Å². The first-order valence-corrected chi connectivity index (χ1v) is 8.97. The molecular weight excluding hydrogens is 374 g/mol. The minimum absolute atomic E-state index is 0.0623. The van der Waals surface area contributed by atoms with Crippen molar-refractivity contribution in [2.24, 2.45) is 0 Å². The summed E-state index contributed by atoms with van der Waals surface area (Å²) in [5.74, 6) is 0.764. The number of aromatic nitrogens is 1. The molecule has 0 radical (unpaired) electrons. The molecule has 26 heavy (non-hydrogen) atoms. The van der Waals surface area contributed by atoms with Crippen LogP contribution in [0.25, 0.3) is 10.6 Å². The van der Waals surface area contributed by atoms with E-state index in [-0.39, 0.29) is 6.61 Å². The smallest absolute Gasteiger partial charge is 0.340 e. The van der Waals surface area contributed by atoms with Gasteiger partial charge in [-0.2, -0.15) is 0 Å². The Hall–Kier alpha value is -2.57. The summed E-state index contributed by atoms with van der Waals surface area (Å²) in [5.41, 5.74) is 1.80. The highest BCUT2D eigenvalue weighted by Crippen LogP contribution is 2.39. The van der Waals surface area contributed by atoms with Crippen molar-refractivity contribution in [3.8, 4) is 22.1 Å². The average Bonchev–Trinajstić information content (AvgIpc) is 3.14. The molecule has 7 heteroatoms. The summed E-state index contributed by atoms with van der Waals surface area (Å²) in [7, 11) is 3.17. The van der Waals surface area contributed by atoms with Gasteiger partial charge in [-0.1, -0.05) is 29.8 Å². The first-order valence-electron chi connectivity index (χ1n) is 7.71. The Morgan fingerprint density at radius 3 is 2.65 bits per heavy atom. The van der Waals surface area contributed by atoms with Crippen LogP contribution in [0, 0.1) is 0 Å². The third kappa shape index (κ3) is 3.81. The molecule has 0 aliphatic carbocycles. The third-order valence-electron chi connectivity index (χ3n) is 3.63. The quantitative estimate of drug-likeness (QED) is 0.565. The topological polar surface area (TPSA) is 57.7 Å². The molecule has 0 atom stereocenters. The van der Waals surface area contributed by atoms with Crippen LogP contribution in [-0.4, -0.2) is 25.2 Å². The zero-order chi connectivity index (χ0) is 18.5. The maximum atomic E-state index is 12.1. The second-order valence-corrected chi connectivity index (χ2v) is 6.51. The van der Waals surface area contributed by atoms with Crippen LogP contribution >= 0.6 is 22.9 Å². The van der Waals surface area contributed by atoms with Gasteiger partial charge in [0.2, 0.25) is 0 Å². The largest absolute Gasteiger partial charge is 0.493 e. The van der Waals surface area contributed by atoms with E-state index in [0.717, 1.165) is 10.6 Å². The lowest BCUT2D eigenvalue weighted by Gasteiger charge is -2.10. The second kappa shape index (κ2) is 8.21. The summed E-state index contributed by atoms with van der Waals surface area (Å²) in [6.07, 6.45) is 0. The molecule has 0 saturated carbocycles. The number of esters is 1. The highest BCUT2D eigenvalue weighted by molar-refractivity contribution is 7.13. The standard InChI is InChI=1S/C19H16ClNO4S/c1-23-16-9-5-7-14(17(16)24-2)18-21-12(11-26-18)10-25-19(22)13-6-3-4-8-15(13)20/h3-9,11H,10H2,1-2H3.